The largest absolute Gasteiger partial charge is 0.363 e. The summed E-state index contributed by atoms with van der Waals surface area (Å²) in [5.41, 5.74) is 2.04. The summed E-state index contributed by atoms with van der Waals surface area (Å²) in [7, 11) is 3.84. The lowest BCUT2D eigenvalue weighted by Gasteiger charge is -2.13. The van der Waals surface area contributed by atoms with Gasteiger partial charge in [0.05, 0.1) is 12.1 Å². The molecule has 2 heterocycles. The number of aryl methyl sites for hydroxylation is 1. The number of anilines is 1. The number of aromatic nitrogens is 3. The molecule has 0 aliphatic rings. The molecular weight excluding hydrogens is 302 g/mol. The first-order valence-corrected chi connectivity index (χ1v) is 7.69. The maximum Gasteiger partial charge on any atom is 0.270 e. The summed E-state index contributed by atoms with van der Waals surface area (Å²) in [5.74, 6) is 1.15. The highest BCUT2D eigenvalue weighted by Gasteiger charge is 2.10. The van der Waals surface area contributed by atoms with Gasteiger partial charge in [-0.25, -0.2) is 15.0 Å². The van der Waals surface area contributed by atoms with E-state index in [9.17, 15) is 4.79 Å². The first-order chi connectivity index (χ1) is 11.5. The van der Waals surface area contributed by atoms with Gasteiger partial charge in [0.2, 0.25) is 0 Å². The third-order valence-electron chi connectivity index (χ3n) is 3.58. The zero-order valence-electron chi connectivity index (χ0n) is 13.9. The molecule has 0 aliphatic carbocycles. The average molecular weight is 321 g/mol. The van der Waals surface area contributed by atoms with Crippen LogP contribution in [-0.2, 0) is 6.54 Å². The summed E-state index contributed by atoms with van der Waals surface area (Å²) in [5, 5.41) is 3.83. The molecule has 1 amide bonds. The number of hydrogen-bond donors (Lipinski definition) is 1. The Balaban J connectivity index is 1.75. The summed E-state index contributed by atoms with van der Waals surface area (Å²) in [6.07, 6.45) is 0. The summed E-state index contributed by atoms with van der Waals surface area (Å²) in [6, 6.07) is 13.2. The third-order valence-corrected chi connectivity index (χ3v) is 3.58. The molecule has 122 valence electrons. The lowest BCUT2D eigenvalue weighted by molar-refractivity contribution is 0.0945. The fourth-order valence-electron chi connectivity index (χ4n) is 2.36. The van der Waals surface area contributed by atoms with E-state index in [2.05, 4.69) is 20.3 Å². The van der Waals surface area contributed by atoms with Crippen LogP contribution in [0.25, 0.3) is 10.9 Å². The number of benzene rings is 1. The van der Waals surface area contributed by atoms with Crippen molar-refractivity contribution in [2.45, 2.75) is 13.5 Å². The number of carbonyl (C=O) groups excluding carboxylic acids is 1. The van der Waals surface area contributed by atoms with Gasteiger partial charge >= 0.3 is 0 Å². The number of nitrogens with one attached hydrogen (secondary N) is 1. The van der Waals surface area contributed by atoms with E-state index in [0.29, 0.717) is 11.5 Å². The lowest BCUT2D eigenvalue weighted by Crippen LogP contribution is -2.25. The molecule has 6 heteroatoms. The molecule has 6 nitrogen and oxygen atoms in total. The van der Waals surface area contributed by atoms with Gasteiger partial charge in [0, 0.05) is 31.2 Å². The Morgan fingerprint density at radius 3 is 2.67 bits per heavy atom. The normalized spacial score (nSPS) is 10.6. The fraction of sp³-hybridized carbons (Fsp3) is 0.222. The molecule has 0 aliphatic heterocycles. The molecule has 0 spiro atoms. The second-order valence-corrected chi connectivity index (χ2v) is 5.75. The lowest BCUT2D eigenvalue weighted by atomic mass is 10.2. The topological polar surface area (TPSA) is 71.0 Å². The zero-order valence-corrected chi connectivity index (χ0v) is 13.9. The van der Waals surface area contributed by atoms with Gasteiger partial charge < -0.3 is 10.2 Å². The van der Waals surface area contributed by atoms with Crippen molar-refractivity contribution in [3.8, 4) is 0 Å². The van der Waals surface area contributed by atoms with Gasteiger partial charge in [-0.2, -0.15) is 0 Å². The number of hydrogen-bond acceptors (Lipinski definition) is 5. The van der Waals surface area contributed by atoms with Crippen LogP contribution in [0.2, 0.25) is 0 Å². The fourth-order valence-corrected chi connectivity index (χ4v) is 2.36. The van der Waals surface area contributed by atoms with Crippen molar-refractivity contribution >= 4 is 22.6 Å². The van der Waals surface area contributed by atoms with Crippen LogP contribution in [0.5, 0.6) is 0 Å². The first-order valence-electron chi connectivity index (χ1n) is 7.69. The summed E-state index contributed by atoms with van der Waals surface area (Å²) in [4.78, 5) is 27.4. The first kappa shape index (κ1) is 15.9. The molecule has 0 saturated heterocycles. The average Bonchev–Trinajstić information content (AvgIpc) is 2.58. The van der Waals surface area contributed by atoms with Crippen molar-refractivity contribution in [2.75, 3.05) is 19.0 Å². The predicted octanol–water partition coefficient (Wildman–Crippen LogP) is 2.33. The van der Waals surface area contributed by atoms with Crippen molar-refractivity contribution in [3.05, 3.63) is 59.7 Å². The summed E-state index contributed by atoms with van der Waals surface area (Å²) < 4.78 is 0. The molecule has 1 N–H and O–H groups in total. The van der Waals surface area contributed by atoms with Crippen molar-refractivity contribution in [1.29, 1.82) is 0 Å². The number of rotatable bonds is 4. The molecule has 3 aromatic rings. The Morgan fingerprint density at radius 1 is 1.08 bits per heavy atom. The summed E-state index contributed by atoms with van der Waals surface area (Å²) in [6.45, 7) is 2.17. The van der Waals surface area contributed by atoms with Crippen molar-refractivity contribution in [3.63, 3.8) is 0 Å². The highest BCUT2D eigenvalue weighted by Crippen LogP contribution is 2.12. The molecule has 0 saturated carbocycles. The number of pyridine rings is 1. The zero-order chi connectivity index (χ0) is 17.1. The maximum absolute atomic E-state index is 12.3. The molecule has 0 unspecified atom stereocenters. The van der Waals surface area contributed by atoms with Gasteiger partial charge in [-0.15, -0.1) is 0 Å². The molecule has 2 aromatic heterocycles. The second-order valence-electron chi connectivity index (χ2n) is 5.75. The van der Waals surface area contributed by atoms with Crippen molar-refractivity contribution in [1.82, 2.24) is 20.3 Å². The third kappa shape index (κ3) is 3.48. The Hall–Kier alpha value is -3.02. The van der Waals surface area contributed by atoms with Crippen LogP contribution in [-0.4, -0.2) is 35.0 Å². The minimum Gasteiger partial charge on any atom is -0.363 e. The maximum atomic E-state index is 12.3. The standard InChI is InChI=1S/C18H19N5O/c1-12-10-17(23(2)3)22-16(20-12)11-19-18(24)15-9-8-13-6-4-5-7-14(13)21-15/h4-10H,11H2,1-3H3,(H,19,24). The second kappa shape index (κ2) is 6.62. The molecule has 1 aromatic carbocycles. The Kier molecular flexibility index (Phi) is 4.37. The van der Waals surface area contributed by atoms with Crippen LogP contribution in [0.15, 0.2) is 42.5 Å². The Bertz CT molecular complexity index is 891. The van der Waals surface area contributed by atoms with E-state index < -0.39 is 0 Å². The predicted molar refractivity (Wildman–Crippen MR) is 94.0 cm³/mol. The van der Waals surface area contributed by atoms with Crippen LogP contribution in [0.4, 0.5) is 5.82 Å². The molecule has 0 fully saturated rings. The summed E-state index contributed by atoms with van der Waals surface area (Å²) >= 11 is 0. The van der Waals surface area contributed by atoms with E-state index in [1.165, 1.54) is 0 Å². The molecule has 0 atom stereocenters. The number of carbonyl (C=O) groups is 1. The smallest absolute Gasteiger partial charge is 0.270 e. The van der Waals surface area contributed by atoms with Crippen molar-refractivity contribution in [2.24, 2.45) is 0 Å². The van der Waals surface area contributed by atoms with Crippen LogP contribution in [0, 0.1) is 6.92 Å². The van der Waals surface area contributed by atoms with E-state index in [0.717, 1.165) is 22.4 Å². The highest BCUT2D eigenvalue weighted by atomic mass is 16.1. The molecular formula is C18H19N5O. The minimum atomic E-state index is -0.239. The molecule has 0 radical (unpaired) electrons. The monoisotopic (exact) mass is 321 g/mol. The van der Waals surface area contributed by atoms with Gasteiger partial charge in [-0.3, -0.25) is 4.79 Å². The van der Waals surface area contributed by atoms with Gasteiger partial charge in [0.25, 0.3) is 5.91 Å². The number of fused-ring (bicyclic) bond motifs is 1. The van der Waals surface area contributed by atoms with Gasteiger partial charge in [0.15, 0.2) is 0 Å². The molecule has 24 heavy (non-hydrogen) atoms. The SMILES string of the molecule is Cc1cc(N(C)C)nc(CNC(=O)c2ccc3ccccc3n2)n1. The van der Waals surface area contributed by atoms with Crippen molar-refractivity contribution < 1.29 is 4.79 Å². The van der Waals surface area contributed by atoms with Crippen LogP contribution in [0.1, 0.15) is 22.0 Å². The number of amides is 1. The van der Waals surface area contributed by atoms with Crippen LogP contribution >= 0.6 is 0 Å². The van der Waals surface area contributed by atoms with E-state index in [1.807, 2.05) is 62.3 Å². The number of para-hydroxylation sites is 1. The van der Waals surface area contributed by atoms with Gasteiger partial charge in [0.1, 0.15) is 17.3 Å². The highest BCUT2D eigenvalue weighted by molar-refractivity contribution is 5.94. The van der Waals surface area contributed by atoms with E-state index >= 15 is 0 Å². The van der Waals surface area contributed by atoms with Gasteiger partial charge in [-0.05, 0) is 19.1 Å². The van der Waals surface area contributed by atoms with Gasteiger partial charge in [-0.1, -0.05) is 24.3 Å². The molecule has 0 bridgehead atoms. The Morgan fingerprint density at radius 2 is 1.88 bits per heavy atom. The Labute approximate surface area is 140 Å². The van der Waals surface area contributed by atoms with E-state index in [4.69, 9.17) is 0 Å². The minimum absolute atomic E-state index is 0.239. The quantitative estimate of drug-likeness (QED) is 0.798. The van der Waals surface area contributed by atoms with E-state index in [1.54, 1.807) is 6.07 Å². The van der Waals surface area contributed by atoms with Crippen LogP contribution in [0.3, 0.4) is 0 Å². The molecule has 3 rings (SSSR count). The number of nitrogens with zero attached hydrogens (tertiary/aromatic N) is 4. The van der Waals surface area contributed by atoms with Crippen LogP contribution < -0.4 is 10.2 Å². The van der Waals surface area contributed by atoms with E-state index in [-0.39, 0.29) is 12.5 Å².